The lowest BCUT2D eigenvalue weighted by Crippen LogP contribution is -2.82. The molecule has 0 fully saturated rings. The average Bonchev–Trinajstić information content (AvgIpc) is 3.12. The standard InChI is InChI=1S/C21H22FNO/c1-16-4-8-18(9-5-16)20(21-3-2-14-24-21)12-13-23-15-17-6-10-19(22)11-7-17/h2-11,14,20,23H,12-13,15H2,1H3/p+1/t20-/m1/s1. The van der Waals surface area contributed by atoms with E-state index in [1.165, 1.54) is 23.3 Å². The monoisotopic (exact) mass is 324 g/mol. The van der Waals surface area contributed by atoms with Gasteiger partial charge in [-0.3, -0.25) is 0 Å². The van der Waals surface area contributed by atoms with E-state index in [9.17, 15) is 4.39 Å². The summed E-state index contributed by atoms with van der Waals surface area (Å²) in [5.74, 6) is 1.09. The van der Waals surface area contributed by atoms with Crippen molar-refractivity contribution in [2.24, 2.45) is 0 Å². The van der Waals surface area contributed by atoms with Crippen LogP contribution in [0.25, 0.3) is 0 Å². The molecule has 0 saturated heterocycles. The summed E-state index contributed by atoms with van der Waals surface area (Å²) in [6.07, 6.45) is 2.73. The third-order valence-electron chi connectivity index (χ3n) is 4.32. The molecule has 124 valence electrons. The molecule has 2 nitrogen and oxygen atoms in total. The summed E-state index contributed by atoms with van der Waals surface area (Å²) in [5.41, 5.74) is 3.69. The van der Waals surface area contributed by atoms with Crippen LogP contribution < -0.4 is 5.32 Å². The van der Waals surface area contributed by atoms with Gasteiger partial charge in [0.1, 0.15) is 18.1 Å². The third-order valence-corrected chi connectivity index (χ3v) is 4.32. The van der Waals surface area contributed by atoms with Crippen LogP contribution in [0.2, 0.25) is 0 Å². The third kappa shape index (κ3) is 4.33. The Morgan fingerprint density at radius 1 is 1.00 bits per heavy atom. The maximum absolute atomic E-state index is 12.9. The van der Waals surface area contributed by atoms with Gasteiger partial charge in [0.2, 0.25) is 0 Å². The smallest absolute Gasteiger partial charge is 0.123 e. The van der Waals surface area contributed by atoms with Gasteiger partial charge in [-0.1, -0.05) is 42.0 Å². The fourth-order valence-electron chi connectivity index (χ4n) is 2.94. The van der Waals surface area contributed by atoms with E-state index in [1.807, 2.05) is 24.3 Å². The van der Waals surface area contributed by atoms with E-state index in [4.69, 9.17) is 4.42 Å². The highest BCUT2D eigenvalue weighted by atomic mass is 19.1. The van der Waals surface area contributed by atoms with E-state index in [-0.39, 0.29) is 11.7 Å². The van der Waals surface area contributed by atoms with Gasteiger partial charge in [0.25, 0.3) is 0 Å². The molecule has 24 heavy (non-hydrogen) atoms. The Bertz CT molecular complexity index is 733. The molecule has 0 aliphatic heterocycles. The van der Waals surface area contributed by atoms with Crippen LogP contribution in [0.3, 0.4) is 0 Å². The quantitative estimate of drug-likeness (QED) is 0.654. The number of hydrogen-bond acceptors (Lipinski definition) is 1. The average molecular weight is 324 g/mol. The SMILES string of the molecule is Cc1ccc([C@@H](CC[NH2+]Cc2ccc(F)cc2)c2ccco2)cc1. The van der Waals surface area contributed by atoms with E-state index in [0.717, 1.165) is 30.8 Å². The Hall–Kier alpha value is -2.39. The lowest BCUT2D eigenvalue weighted by Gasteiger charge is -2.15. The van der Waals surface area contributed by atoms with Crippen molar-refractivity contribution in [2.75, 3.05) is 6.54 Å². The largest absolute Gasteiger partial charge is 0.469 e. The summed E-state index contributed by atoms with van der Waals surface area (Å²) in [7, 11) is 0. The van der Waals surface area contributed by atoms with Gasteiger partial charge in [-0.2, -0.15) is 0 Å². The second-order valence-corrected chi connectivity index (χ2v) is 6.18. The number of nitrogens with two attached hydrogens (primary N) is 1. The molecule has 1 heterocycles. The molecule has 3 rings (SSSR count). The maximum Gasteiger partial charge on any atom is 0.123 e. The molecule has 3 heteroatoms. The molecule has 0 saturated carbocycles. The normalized spacial score (nSPS) is 12.2. The molecular weight excluding hydrogens is 301 g/mol. The first kappa shape index (κ1) is 16.5. The summed E-state index contributed by atoms with van der Waals surface area (Å²) in [5, 5.41) is 2.26. The second-order valence-electron chi connectivity index (χ2n) is 6.18. The Morgan fingerprint density at radius 3 is 2.42 bits per heavy atom. The van der Waals surface area contributed by atoms with Crippen molar-refractivity contribution in [1.82, 2.24) is 0 Å². The van der Waals surface area contributed by atoms with Crippen LogP contribution in [-0.2, 0) is 6.54 Å². The van der Waals surface area contributed by atoms with Crippen LogP contribution in [0.15, 0.2) is 71.3 Å². The van der Waals surface area contributed by atoms with Crippen molar-refractivity contribution in [3.05, 3.63) is 95.2 Å². The lowest BCUT2D eigenvalue weighted by atomic mass is 9.92. The predicted octanol–water partition coefficient (Wildman–Crippen LogP) is 4.01. The van der Waals surface area contributed by atoms with Gasteiger partial charge in [-0.15, -0.1) is 0 Å². The fraction of sp³-hybridized carbons (Fsp3) is 0.238. The van der Waals surface area contributed by atoms with Crippen LogP contribution in [0.4, 0.5) is 4.39 Å². The van der Waals surface area contributed by atoms with Gasteiger partial charge >= 0.3 is 0 Å². The van der Waals surface area contributed by atoms with Crippen LogP contribution in [0.1, 0.15) is 34.8 Å². The Kier molecular flexibility index (Phi) is 5.44. The van der Waals surface area contributed by atoms with E-state index < -0.39 is 0 Å². The summed E-state index contributed by atoms with van der Waals surface area (Å²) in [6, 6.07) is 19.4. The molecule has 0 amide bonds. The number of aryl methyl sites for hydroxylation is 1. The topological polar surface area (TPSA) is 29.8 Å². The molecule has 2 N–H and O–H groups in total. The summed E-state index contributed by atoms with van der Waals surface area (Å²) < 4.78 is 18.6. The molecule has 0 aliphatic rings. The summed E-state index contributed by atoms with van der Waals surface area (Å²) >= 11 is 0. The Morgan fingerprint density at radius 2 is 1.75 bits per heavy atom. The molecule has 1 atom stereocenters. The number of benzene rings is 2. The van der Waals surface area contributed by atoms with Gasteiger partial charge in [-0.25, -0.2) is 4.39 Å². The molecular formula is C21H23FNO+. The summed E-state index contributed by atoms with van der Waals surface area (Å²) in [6.45, 7) is 3.94. The minimum Gasteiger partial charge on any atom is -0.469 e. The first-order valence-electron chi connectivity index (χ1n) is 8.38. The van der Waals surface area contributed by atoms with Gasteiger partial charge in [0.05, 0.1) is 12.8 Å². The molecule has 3 aromatic rings. The van der Waals surface area contributed by atoms with Crippen LogP contribution in [0, 0.1) is 12.7 Å². The van der Waals surface area contributed by atoms with Crippen LogP contribution in [-0.4, -0.2) is 6.54 Å². The highest BCUT2D eigenvalue weighted by Crippen LogP contribution is 2.27. The summed E-state index contributed by atoms with van der Waals surface area (Å²) in [4.78, 5) is 0. The second kappa shape index (κ2) is 7.93. The minimum atomic E-state index is -0.184. The molecule has 0 radical (unpaired) electrons. The molecule has 0 unspecified atom stereocenters. The molecule has 2 aromatic carbocycles. The van der Waals surface area contributed by atoms with E-state index >= 15 is 0 Å². The van der Waals surface area contributed by atoms with E-state index in [2.05, 4.69) is 36.5 Å². The molecule has 0 spiro atoms. The van der Waals surface area contributed by atoms with Gasteiger partial charge in [0.15, 0.2) is 0 Å². The van der Waals surface area contributed by atoms with Crippen LogP contribution in [0.5, 0.6) is 0 Å². The van der Waals surface area contributed by atoms with Gasteiger partial charge < -0.3 is 9.73 Å². The zero-order valence-electron chi connectivity index (χ0n) is 13.9. The van der Waals surface area contributed by atoms with Crippen molar-refractivity contribution in [3.8, 4) is 0 Å². The lowest BCUT2D eigenvalue weighted by molar-refractivity contribution is -0.671. The first-order valence-corrected chi connectivity index (χ1v) is 8.38. The predicted molar refractivity (Wildman–Crippen MR) is 93.2 cm³/mol. The minimum absolute atomic E-state index is 0.184. The van der Waals surface area contributed by atoms with Crippen molar-refractivity contribution in [2.45, 2.75) is 25.8 Å². The zero-order valence-corrected chi connectivity index (χ0v) is 13.9. The van der Waals surface area contributed by atoms with Crippen LogP contribution >= 0.6 is 0 Å². The van der Waals surface area contributed by atoms with Crippen molar-refractivity contribution in [1.29, 1.82) is 0 Å². The molecule has 0 bridgehead atoms. The van der Waals surface area contributed by atoms with Crippen molar-refractivity contribution >= 4 is 0 Å². The highest BCUT2D eigenvalue weighted by Gasteiger charge is 2.17. The van der Waals surface area contributed by atoms with Gasteiger partial charge in [-0.05, 0) is 36.8 Å². The van der Waals surface area contributed by atoms with Gasteiger partial charge in [0, 0.05) is 17.9 Å². The fourth-order valence-corrected chi connectivity index (χ4v) is 2.94. The molecule has 0 aliphatic carbocycles. The Labute approximate surface area is 142 Å². The number of furan rings is 1. The zero-order chi connectivity index (χ0) is 16.8. The number of hydrogen-bond donors (Lipinski definition) is 1. The first-order chi connectivity index (χ1) is 11.7. The number of halogens is 1. The van der Waals surface area contributed by atoms with E-state index in [1.54, 1.807) is 6.26 Å². The maximum atomic E-state index is 12.9. The van der Waals surface area contributed by atoms with E-state index in [0.29, 0.717) is 0 Å². The highest BCUT2D eigenvalue weighted by molar-refractivity contribution is 5.29. The van der Waals surface area contributed by atoms with Crippen molar-refractivity contribution in [3.63, 3.8) is 0 Å². The molecule has 1 aromatic heterocycles. The van der Waals surface area contributed by atoms with Crippen molar-refractivity contribution < 1.29 is 14.1 Å². The Balaban J connectivity index is 1.60. The number of rotatable bonds is 7. The number of quaternary nitrogens is 1.